The minimum atomic E-state index is -0.449. The SMILES string of the molecule is CCOC(=O)C1=C(CSc2nnc(-c3c[nH]c4ccccc34)n2-c2cccc(C)c2)NC(=O)NC1. The average molecular weight is 489 g/mol. The van der Waals surface area contributed by atoms with Gasteiger partial charge in [0, 0.05) is 39.8 Å². The predicted octanol–water partition coefficient (Wildman–Crippen LogP) is 3.95. The van der Waals surface area contributed by atoms with E-state index in [-0.39, 0.29) is 19.2 Å². The average Bonchev–Trinajstić information content (AvgIpc) is 3.47. The zero-order valence-corrected chi connectivity index (χ0v) is 20.1. The number of carbonyl (C=O) groups excluding carboxylic acids is 2. The van der Waals surface area contributed by atoms with Crippen molar-refractivity contribution >= 4 is 34.7 Å². The van der Waals surface area contributed by atoms with Crippen LogP contribution in [0.1, 0.15) is 12.5 Å². The number of nitrogens with zero attached hydrogens (tertiary/aromatic N) is 3. The van der Waals surface area contributed by atoms with Crippen molar-refractivity contribution in [1.82, 2.24) is 30.4 Å². The van der Waals surface area contributed by atoms with E-state index in [4.69, 9.17) is 4.74 Å². The van der Waals surface area contributed by atoms with Crippen molar-refractivity contribution in [2.45, 2.75) is 19.0 Å². The number of carbonyl (C=O) groups is 2. The van der Waals surface area contributed by atoms with E-state index in [1.165, 1.54) is 11.8 Å². The lowest BCUT2D eigenvalue weighted by molar-refractivity contribution is -0.138. The molecule has 1 aliphatic heterocycles. The number of benzene rings is 2. The highest BCUT2D eigenvalue weighted by molar-refractivity contribution is 7.99. The Morgan fingerprint density at radius 2 is 2.03 bits per heavy atom. The fourth-order valence-corrected chi connectivity index (χ4v) is 4.94. The number of esters is 1. The third-order valence-electron chi connectivity index (χ3n) is 5.65. The Balaban J connectivity index is 1.56. The molecule has 178 valence electrons. The lowest BCUT2D eigenvalue weighted by Crippen LogP contribution is -2.44. The van der Waals surface area contributed by atoms with Gasteiger partial charge in [0.05, 0.1) is 18.7 Å². The zero-order chi connectivity index (χ0) is 24.4. The van der Waals surface area contributed by atoms with Crippen molar-refractivity contribution in [1.29, 1.82) is 0 Å². The van der Waals surface area contributed by atoms with Crippen molar-refractivity contribution < 1.29 is 14.3 Å². The second-order valence-corrected chi connectivity index (χ2v) is 8.94. The second kappa shape index (κ2) is 9.67. The molecule has 0 saturated heterocycles. The number of H-pyrrole nitrogens is 1. The fraction of sp³-hybridized carbons (Fsp3) is 0.200. The lowest BCUT2D eigenvalue weighted by atomic mass is 10.1. The Morgan fingerprint density at radius 3 is 2.86 bits per heavy atom. The number of aromatic amines is 1. The third kappa shape index (κ3) is 4.52. The van der Waals surface area contributed by atoms with Gasteiger partial charge in [0.25, 0.3) is 0 Å². The van der Waals surface area contributed by atoms with Gasteiger partial charge in [-0.2, -0.15) is 0 Å². The summed E-state index contributed by atoms with van der Waals surface area (Å²) in [5.74, 6) is 0.569. The number of urea groups is 1. The summed E-state index contributed by atoms with van der Waals surface area (Å²) in [6.45, 7) is 4.16. The van der Waals surface area contributed by atoms with Crippen LogP contribution < -0.4 is 10.6 Å². The molecule has 0 aliphatic carbocycles. The molecular formula is C25H24N6O3S. The van der Waals surface area contributed by atoms with Crippen molar-refractivity contribution in [3.05, 3.63) is 71.6 Å². The Hall–Kier alpha value is -4.05. The topological polar surface area (TPSA) is 114 Å². The first-order valence-corrected chi connectivity index (χ1v) is 12.2. The lowest BCUT2D eigenvalue weighted by Gasteiger charge is -2.21. The molecule has 0 saturated carbocycles. The molecule has 35 heavy (non-hydrogen) atoms. The highest BCUT2D eigenvalue weighted by atomic mass is 32.2. The van der Waals surface area contributed by atoms with Crippen LogP contribution in [-0.4, -0.2) is 50.7 Å². The molecule has 0 atom stereocenters. The number of ether oxygens (including phenoxy) is 1. The fourth-order valence-electron chi connectivity index (χ4n) is 4.00. The molecule has 2 aromatic carbocycles. The van der Waals surface area contributed by atoms with Crippen LogP contribution in [0.3, 0.4) is 0 Å². The first-order chi connectivity index (χ1) is 17.0. The number of hydrogen-bond donors (Lipinski definition) is 3. The molecule has 2 aromatic heterocycles. The highest BCUT2D eigenvalue weighted by Gasteiger charge is 2.25. The number of rotatable bonds is 7. The Bertz CT molecular complexity index is 1450. The van der Waals surface area contributed by atoms with Crippen molar-refractivity contribution in [2.24, 2.45) is 0 Å². The van der Waals surface area contributed by atoms with Gasteiger partial charge in [-0.15, -0.1) is 10.2 Å². The summed E-state index contributed by atoms with van der Waals surface area (Å²) in [7, 11) is 0. The molecular weight excluding hydrogens is 464 g/mol. The monoisotopic (exact) mass is 488 g/mol. The van der Waals surface area contributed by atoms with Gasteiger partial charge in [0.1, 0.15) is 0 Å². The number of aryl methyl sites for hydroxylation is 1. The van der Waals surface area contributed by atoms with Crippen LogP contribution in [0.25, 0.3) is 28.0 Å². The summed E-state index contributed by atoms with van der Waals surface area (Å²) in [5, 5.41) is 16.1. The summed E-state index contributed by atoms with van der Waals surface area (Å²) in [6.07, 6.45) is 1.93. The maximum atomic E-state index is 12.4. The largest absolute Gasteiger partial charge is 0.463 e. The van der Waals surface area contributed by atoms with Gasteiger partial charge in [0.15, 0.2) is 11.0 Å². The number of para-hydroxylation sites is 1. The molecule has 9 nitrogen and oxygen atoms in total. The van der Waals surface area contributed by atoms with Crippen LogP contribution in [-0.2, 0) is 9.53 Å². The van der Waals surface area contributed by atoms with E-state index in [0.29, 0.717) is 28.0 Å². The summed E-state index contributed by atoms with van der Waals surface area (Å²) in [6, 6.07) is 15.8. The molecule has 0 radical (unpaired) electrons. The zero-order valence-electron chi connectivity index (χ0n) is 19.3. The van der Waals surface area contributed by atoms with E-state index in [1.807, 2.05) is 60.2 Å². The summed E-state index contributed by atoms with van der Waals surface area (Å²) < 4.78 is 7.17. The summed E-state index contributed by atoms with van der Waals surface area (Å²) >= 11 is 1.39. The Morgan fingerprint density at radius 1 is 1.17 bits per heavy atom. The highest BCUT2D eigenvalue weighted by Crippen LogP contribution is 2.33. The van der Waals surface area contributed by atoms with Crippen LogP contribution in [0.4, 0.5) is 4.79 Å². The molecule has 0 unspecified atom stereocenters. The van der Waals surface area contributed by atoms with Crippen molar-refractivity contribution in [2.75, 3.05) is 18.9 Å². The number of hydrogen-bond acceptors (Lipinski definition) is 6. The van der Waals surface area contributed by atoms with Gasteiger partial charge in [-0.3, -0.25) is 4.57 Å². The maximum Gasteiger partial charge on any atom is 0.337 e. The number of aromatic nitrogens is 4. The van der Waals surface area contributed by atoms with Crippen LogP contribution in [0, 0.1) is 6.92 Å². The van der Waals surface area contributed by atoms with Gasteiger partial charge in [-0.25, -0.2) is 9.59 Å². The maximum absolute atomic E-state index is 12.4. The summed E-state index contributed by atoms with van der Waals surface area (Å²) in [4.78, 5) is 27.7. The second-order valence-electron chi connectivity index (χ2n) is 8.00. The van der Waals surface area contributed by atoms with Crippen molar-refractivity contribution in [3.63, 3.8) is 0 Å². The minimum Gasteiger partial charge on any atom is -0.463 e. The molecule has 0 bridgehead atoms. The normalized spacial score (nSPS) is 13.6. The smallest absolute Gasteiger partial charge is 0.337 e. The molecule has 2 amide bonds. The van der Waals surface area contributed by atoms with E-state index in [9.17, 15) is 9.59 Å². The third-order valence-corrected chi connectivity index (χ3v) is 6.60. The van der Waals surface area contributed by atoms with E-state index >= 15 is 0 Å². The van der Waals surface area contributed by atoms with Crippen LogP contribution >= 0.6 is 11.8 Å². The van der Waals surface area contributed by atoms with Crippen LogP contribution in [0.5, 0.6) is 0 Å². The standard InChI is InChI=1S/C25H24N6O3S/c1-3-34-23(32)19-13-27-24(33)28-21(19)14-35-25-30-29-22(31(25)16-8-6-7-15(2)11-16)18-12-26-20-10-5-4-9-17(18)20/h4-12,26H,3,13-14H2,1-2H3,(H2,27,28,33). The van der Waals surface area contributed by atoms with Crippen molar-refractivity contribution in [3.8, 4) is 17.1 Å². The number of nitrogens with one attached hydrogen (secondary N) is 3. The molecule has 0 fully saturated rings. The van der Waals surface area contributed by atoms with Gasteiger partial charge in [0.2, 0.25) is 0 Å². The predicted molar refractivity (Wildman–Crippen MR) is 134 cm³/mol. The number of thioether (sulfide) groups is 1. The molecule has 1 aliphatic rings. The van der Waals surface area contributed by atoms with E-state index in [1.54, 1.807) is 6.92 Å². The van der Waals surface area contributed by atoms with Gasteiger partial charge in [-0.1, -0.05) is 42.1 Å². The van der Waals surface area contributed by atoms with Gasteiger partial charge >= 0.3 is 12.0 Å². The minimum absolute atomic E-state index is 0.117. The molecule has 3 N–H and O–H groups in total. The van der Waals surface area contributed by atoms with Crippen LogP contribution in [0.15, 0.2) is 71.2 Å². The summed E-state index contributed by atoms with van der Waals surface area (Å²) in [5.41, 5.74) is 4.88. The molecule has 10 heteroatoms. The molecule has 4 aromatic rings. The number of fused-ring (bicyclic) bond motifs is 1. The molecule has 3 heterocycles. The first kappa shape index (κ1) is 22.7. The Labute approximate surface area is 206 Å². The Kier molecular flexibility index (Phi) is 6.28. The van der Waals surface area contributed by atoms with E-state index < -0.39 is 5.97 Å². The number of amides is 2. The molecule has 5 rings (SSSR count). The molecule has 0 spiro atoms. The quantitative estimate of drug-likeness (QED) is 0.268. The van der Waals surface area contributed by atoms with Crippen LogP contribution in [0.2, 0.25) is 0 Å². The first-order valence-electron chi connectivity index (χ1n) is 11.2. The van der Waals surface area contributed by atoms with Gasteiger partial charge < -0.3 is 20.4 Å². The van der Waals surface area contributed by atoms with Gasteiger partial charge in [-0.05, 0) is 37.6 Å². The van der Waals surface area contributed by atoms with E-state index in [0.717, 1.165) is 27.7 Å². The van der Waals surface area contributed by atoms with E-state index in [2.05, 4.69) is 31.9 Å².